The number of rotatable bonds is 8. The fourth-order valence-corrected chi connectivity index (χ4v) is 3.70. The number of amides is 1. The maximum absolute atomic E-state index is 12.7. The molecule has 0 bridgehead atoms. The van der Waals surface area contributed by atoms with Gasteiger partial charge in [0.1, 0.15) is 0 Å². The highest BCUT2D eigenvalue weighted by atomic mass is 16.5. The number of carbonyl (C=O) groups excluding carboxylic acids is 1. The van der Waals surface area contributed by atoms with Crippen LogP contribution in [0.5, 0.6) is 11.5 Å². The van der Waals surface area contributed by atoms with Gasteiger partial charge in [0.25, 0.3) is 0 Å². The van der Waals surface area contributed by atoms with Crippen molar-refractivity contribution in [3.05, 3.63) is 53.1 Å². The van der Waals surface area contributed by atoms with Crippen LogP contribution in [-0.4, -0.2) is 44.1 Å². The molecule has 0 radical (unpaired) electrons. The molecule has 2 aromatic carbocycles. The van der Waals surface area contributed by atoms with Gasteiger partial charge in [-0.15, -0.1) is 0 Å². The van der Waals surface area contributed by atoms with Crippen molar-refractivity contribution in [1.29, 1.82) is 0 Å². The Hall–Kier alpha value is -3.22. The molecule has 0 atom stereocenters. The average molecular weight is 425 g/mol. The molecule has 1 aliphatic heterocycles. The lowest BCUT2D eigenvalue weighted by molar-refractivity contribution is -0.132. The van der Waals surface area contributed by atoms with E-state index < -0.39 is 0 Å². The number of benzene rings is 2. The molecule has 0 saturated carbocycles. The molecule has 0 fully saturated rings. The van der Waals surface area contributed by atoms with Crippen LogP contribution in [0.4, 0.5) is 5.69 Å². The summed E-state index contributed by atoms with van der Waals surface area (Å²) in [6, 6.07) is 12.1. The van der Waals surface area contributed by atoms with Gasteiger partial charge in [0, 0.05) is 31.7 Å². The molecule has 3 N–H and O–H groups in total. The predicted octanol–water partition coefficient (Wildman–Crippen LogP) is 3.36. The summed E-state index contributed by atoms with van der Waals surface area (Å²) in [7, 11) is 3.26. The van der Waals surface area contributed by atoms with Crippen LogP contribution in [0.25, 0.3) is 0 Å². The van der Waals surface area contributed by atoms with E-state index in [1.807, 2.05) is 29.2 Å². The summed E-state index contributed by atoms with van der Waals surface area (Å²) in [5.74, 6) is 1.92. The number of nitrogens with one attached hydrogen (secondary N) is 1. The van der Waals surface area contributed by atoms with E-state index in [1.165, 1.54) is 11.1 Å². The van der Waals surface area contributed by atoms with E-state index in [-0.39, 0.29) is 5.91 Å². The standard InChI is InChI=1S/C24H32N4O3/c1-4-17-7-9-20(10-8-17)27-24(25)26-12-5-6-23(29)28-13-11-18-14-21(30-2)22(31-3)15-19(18)16-28/h7-10,14-15H,4-6,11-13,16H2,1-3H3,(H3,25,26,27). The Kier molecular flexibility index (Phi) is 7.76. The van der Waals surface area contributed by atoms with Crippen molar-refractivity contribution in [3.63, 3.8) is 0 Å². The van der Waals surface area contributed by atoms with Crippen LogP contribution in [0.2, 0.25) is 0 Å². The Labute approximate surface area is 184 Å². The molecular weight excluding hydrogens is 392 g/mol. The number of fused-ring (bicyclic) bond motifs is 1. The lowest BCUT2D eigenvalue weighted by Crippen LogP contribution is -2.36. The molecule has 0 aromatic heterocycles. The Morgan fingerprint density at radius 1 is 1.13 bits per heavy atom. The molecule has 3 rings (SSSR count). The minimum Gasteiger partial charge on any atom is -0.493 e. The van der Waals surface area contributed by atoms with Gasteiger partial charge in [-0.25, -0.2) is 0 Å². The number of guanidine groups is 1. The van der Waals surface area contributed by atoms with E-state index in [2.05, 4.69) is 29.4 Å². The minimum absolute atomic E-state index is 0.136. The zero-order valence-corrected chi connectivity index (χ0v) is 18.6. The van der Waals surface area contributed by atoms with E-state index >= 15 is 0 Å². The number of nitrogens with zero attached hydrogens (tertiary/aromatic N) is 2. The predicted molar refractivity (Wildman–Crippen MR) is 124 cm³/mol. The normalized spacial score (nSPS) is 13.5. The first-order chi connectivity index (χ1) is 15.0. The van der Waals surface area contributed by atoms with Crippen molar-refractivity contribution in [2.45, 2.75) is 39.2 Å². The third-order valence-electron chi connectivity index (χ3n) is 5.54. The Morgan fingerprint density at radius 2 is 1.81 bits per heavy atom. The molecule has 1 heterocycles. The summed E-state index contributed by atoms with van der Waals surface area (Å²) >= 11 is 0. The summed E-state index contributed by atoms with van der Waals surface area (Å²) in [4.78, 5) is 18.9. The molecule has 7 heteroatoms. The van der Waals surface area contributed by atoms with Crippen LogP contribution in [0.15, 0.2) is 41.4 Å². The van der Waals surface area contributed by atoms with E-state index in [0.717, 1.165) is 29.8 Å². The zero-order chi connectivity index (χ0) is 22.2. The second-order valence-electron chi connectivity index (χ2n) is 7.59. The lowest BCUT2D eigenvalue weighted by atomic mass is 9.98. The molecule has 31 heavy (non-hydrogen) atoms. The topological polar surface area (TPSA) is 89.2 Å². The largest absolute Gasteiger partial charge is 0.493 e. The van der Waals surface area contributed by atoms with Gasteiger partial charge in [-0.3, -0.25) is 9.79 Å². The van der Waals surface area contributed by atoms with Crippen LogP contribution >= 0.6 is 0 Å². The first-order valence-corrected chi connectivity index (χ1v) is 10.7. The maximum Gasteiger partial charge on any atom is 0.222 e. The zero-order valence-electron chi connectivity index (χ0n) is 18.6. The second kappa shape index (κ2) is 10.7. The van der Waals surface area contributed by atoms with Gasteiger partial charge in [0.15, 0.2) is 17.5 Å². The highest BCUT2D eigenvalue weighted by Gasteiger charge is 2.22. The number of ether oxygens (including phenoxy) is 2. The number of hydrogen-bond acceptors (Lipinski definition) is 4. The molecular formula is C24H32N4O3. The molecule has 1 amide bonds. The maximum atomic E-state index is 12.7. The fourth-order valence-electron chi connectivity index (χ4n) is 3.70. The van der Waals surface area contributed by atoms with Gasteiger partial charge < -0.3 is 25.4 Å². The first kappa shape index (κ1) is 22.5. The van der Waals surface area contributed by atoms with Crippen molar-refractivity contribution in [3.8, 4) is 11.5 Å². The quantitative estimate of drug-likeness (QED) is 0.385. The fraction of sp³-hybridized carbons (Fsp3) is 0.417. The van der Waals surface area contributed by atoms with Gasteiger partial charge in [-0.1, -0.05) is 19.1 Å². The Balaban J connectivity index is 1.47. The highest BCUT2D eigenvalue weighted by Crippen LogP contribution is 2.33. The van der Waals surface area contributed by atoms with Crippen LogP contribution in [0.3, 0.4) is 0 Å². The summed E-state index contributed by atoms with van der Waals surface area (Å²) in [6.45, 7) is 3.93. The van der Waals surface area contributed by atoms with Gasteiger partial charge in [0.2, 0.25) is 5.91 Å². The second-order valence-corrected chi connectivity index (χ2v) is 7.59. The molecule has 0 aliphatic carbocycles. The summed E-state index contributed by atoms with van der Waals surface area (Å²) < 4.78 is 10.8. The van der Waals surface area contributed by atoms with Crippen LogP contribution in [0, 0.1) is 0 Å². The number of aryl methyl sites for hydroxylation is 1. The van der Waals surface area contributed by atoms with E-state index in [0.29, 0.717) is 44.2 Å². The molecule has 0 saturated heterocycles. The van der Waals surface area contributed by atoms with Crippen molar-refractivity contribution in [2.75, 3.05) is 32.6 Å². The van der Waals surface area contributed by atoms with Crippen molar-refractivity contribution in [1.82, 2.24) is 4.90 Å². The Morgan fingerprint density at radius 3 is 2.45 bits per heavy atom. The van der Waals surface area contributed by atoms with Gasteiger partial charge in [0.05, 0.1) is 14.2 Å². The summed E-state index contributed by atoms with van der Waals surface area (Å²) in [5, 5.41) is 3.09. The van der Waals surface area contributed by atoms with E-state index in [1.54, 1.807) is 14.2 Å². The highest BCUT2D eigenvalue weighted by molar-refractivity contribution is 5.92. The molecule has 0 unspecified atom stereocenters. The average Bonchev–Trinajstić information content (AvgIpc) is 2.80. The van der Waals surface area contributed by atoms with Gasteiger partial charge in [-0.05, 0) is 60.2 Å². The molecule has 2 aromatic rings. The third-order valence-corrected chi connectivity index (χ3v) is 5.54. The van der Waals surface area contributed by atoms with Crippen LogP contribution in [-0.2, 0) is 24.2 Å². The van der Waals surface area contributed by atoms with Crippen molar-refractivity contribution >= 4 is 17.6 Å². The number of hydrogen-bond donors (Lipinski definition) is 2. The number of nitrogens with two attached hydrogens (primary N) is 1. The Bertz CT molecular complexity index is 925. The SMILES string of the molecule is CCc1ccc(NC(N)=NCCCC(=O)N2CCc3cc(OC)c(OC)cc3C2)cc1. The number of methoxy groups -OCH3 is 2. The van der Waals surface area contributed by atoms with Gasteiger partial charge >= 0.3 is 0 Å². The third kappa shape index (κ3) is 5.90. The van der Waals surface area contributed by atoms with Gasteiger partial charge in [-0.2, -0.15) is 0 Å². The van der Waals surface area contributed by atoms with E-state index in [4.69, 9.17) is 15.2 Å². The summed E-state index contributed by atoms with van der Waals surface area (Å²) in [5.41, 5.74) is 10.5. The monoisotopic (exact) mass is 424 g/mol. The lowest BCUT2D eigenvalue weighted by Gasteiger charge is -2.29. The van der Waals surface area contributed by atoms with Crippen molar-refractivity contribution < 1.29 is 14.3 Å². The number of aliphatic imine (C=N–C) groups is 1. The molecule has 166 valence electrons. The first-order valence-electron chi connectivity index (χ1n) is 10.7. The molecule has 0 spiro atoms. The number of carbonyl (C=O) groups is 1. The summed E-state index contributed by atoms with van der Waals surface area (Å²) in [6.07, 6.45) is 2.92. The van der Waals surface area contributed by atoms with Crippen LogP contribution in [0.1, 0.15) is 36.5 Å². The smallest absolute Gasteiger partial charge is 0.222 e. The van der Waals surface area contributed by atoms with Crippen molar-refractivity contribution in [2.24, 2.45) is 10.7 Å². The minimum atomic E-state index is 0.136. The number of anilines is 1. The molecule has 7 nitrogen and oxygen atoms in total. The molecule has 1 aliphatic rings. The van der Waals surface area contributed by atoms with Crippen LogP contribution < -0.4 is 20.5 Å². The van der Waals surface area contributed by atoms with E-state index in [9.17, 15) is 4.79 Å².